The molecule has 2 rings (SSSR count). The fraction of sp³-hybridized carbons (Fsp3) is 0.294. The summed E-state index contributed by atoms with van der Waals surface area (Å²) in [5.41, 5.74) is 7.79. The fourth-order valence-corrected chi connectivity index (χ4v) is 2.56. The fourth-order valence-electron chi connectivity index (χ4n) is 1.77. The molecule has 2 N–H and O–H groups in total. The number of allylic oxidation sites excluding steroid dienone is 1. The van der Waals surface area contributed by atoms with E-state index in [1.54, 1.807) is 18.0 Å². The van der Waals surface area contributed by atoms with Crippen molar-refractivity contribution in [3.05, 3.63) is 58.5 Å². The number of hydrogen-bond acceptors (Lipinski definition) is 6. The highest BCUT2D eigenvalue weighted by Gasteiger charge is 2.03. The molecule has 0 unspecified atom stereocenters. The number of nitrogens with zero attached hydrogens (tertiary/aromatic N) is 4. The number of aromatic nitrogens is 2. The first-order valence-electron chi connectivity index (χ1n) is 7.71. The molecular formula is C17H20ClN5S. The van der Waals surface area contributed by atoms with Gasteiger partial charge >= 0.3 is 0 Å². The van der Waals surface area contributed by atoms with Gasteiger partial charge in [-0.3, -0.25) is 0 Å². The van der Waals surface area contributed by atoms with Crippen molar-refractivity contribution in [2.45, 2.75) is 26.3 Å². The van der Waals surface area contributed by atoms with Gasteiger partial charge in [0.25, 0.3) is 0 Å². The molecule has 126 valence electrons. The zero-order valence-corrected chi connectivity index (χ0v) is 15.1. The second-order valence-electron chi connectivity index (χ2n) is 4.98. The van der Waals surface area contributed by atoms with Crippen LogP contribution in [-0.2, 0) is 13.0 Å². The van der Waals surface area contributed by atoms with Crippen LogP contribution in [0.2, 0.25) is 5.15 Å². The highest BCUT2D eigenvalue weighted by atomic mass is 35.5. The van der Waals surface area contributed by atoms with Crippen molar-refractivity contribution >= 4 is 34.7 Å². The first kappa shape index (κ1) is 18.6. The summed E-state index contributed by atoms with van der Waals surface area (Å²) in [6, 6.07) is 7.54. The predicted octanol–water partition coefficient (Wildman–Crippen LogP) is 5.20. The van der Waals surface area contributed by atoms with Crippen LogP contribution in [0.15, 0.2) is 52.2 Å². The summed E-state index contributed by atoms with van der Waals surface area (Å²) in [5.74, 6) is 1.78. The molecule has 0 aliphatic heterocycles. The average molecular weight is 362 g/mol. The Kier molecular flexibility index (Phi) is 7.88. The summed E-state index contributed by atoms with van der Waals surface area (Å²) in [5, 5.41) is 10.6. The number of hydrogen-bond donors (Lipinski definition) is 1. The average Bonchev–Trinajstić information content (AvgIpc) is 2.61. The number of halogens is 1. The largest absolute Gasteiger partial charge is 0.326 e. The standard InChI is InChI=1S/C17H20ClN5S/c1-2-9-24-10-3-4-16-20-12-15(17(18)21-16)23-22-14-7-5-13(11-19)6-8-14/h3,5-8,10,12H,2,4,9,11,19H2,1H3/b10-3?,23-22+. The van der Waals surface area contributed by atoms with Gasteiger partial charge in [0.15, 0.2) is 5.15 Å². The number of rotatable bonds is 8. The van der Waals surface area contributed by atoms with Crippen molar-refractivity contribution in [2.24, 2.45) is 16.0 Å². The van der Waals surface area contributed by atoms with Crippen molar-refractivity contribution in [1.29, 1.82) is 0 Å². The van der Waals surface area contributed by atoms with Gasteiger partial charge in [0.05, 0.1) is 11.9 Å². The molecule has 0 aliphatic rings. The Morgan fingerprint density at radius 1 is 1.25 bits per heavy atom. The minimum Gasteiger partial charge on any atom is -0.326 e. The molecule has 0 atom stereocenters. The van der Waals surface area contributed by atoms with E-state index in [1.807, 2.05) is 30.3 Å². The quantitative estimate of drug-likeness (QED) is 0.398. The molecule has 0 radical (unpaired) electrons. The van der Waals surface area contributed by atoms with Crippen molar-refractivity contribution < 1.29 is 0 Å². The third kappa shape index (κ3) is 6.03. The lowest BCUT2D eigenvalue weighted by molar-refractivity contribution is 0.982. The van der Waals surface area contributed by atoms with Crippen molar-refractivity contribution in [3.8, 4) is 0 Å². The molecule has 0 bridgehead atoms. The molecule has 7 heteroatoms. The van der Waals surface area contributed by atoms with Crippen LogP contribution >= 0.6 is 23.4 Å². The number of azo groups is 1. The Labute approximate surface area is 151 Å². The van der Waals surface area contributed by atoms with E-state index in [1.165, 1.54) is 0 Å². The Morgan fingerprint density at radius 2 is 2.04 bits per heavy atom. The van der Waals surface area contributed by atoms with Crippen LogP contribution in [-0.4, -0.2) is 15.7 Å². The molecule has 24 heavy (non-hydrogen) atoms. The second kappa shape index (κ2) is 10.2. The van der Waals surface area contributed by atoms with Crippen molar-refractivity contribution in [1.82, 2.24) is 9.97 Å². The number of benzene rings is 1. The van der Waals surface area contributed by atoms with Gasteiger partial charge in [-0.1, -0.05) is 36.7 Å². The molecule has 0 saturated heterocycles. The van der Waals surface area contributed by atoms with Gasteiger partial charge in [0.1, 0.15) is 11.5 Å². The molecule has 0 amide bonds. The Morgan fingerprint density at radius 3 is 2.71 bits per heavy atom. The van der Waals surface area contributed by atoms with Gasteiger partial charge in [0.2, 0.25) is 0 Å². The first-order valence-corrected chi connectivity index (χ1v) is 9.14. The maximum absolute atomic E-state index is 6.16. The molecule has 1 aromatic heterocycles. The monoisotopic (exact) mass is 361 g/mol. The highest BCUT2D eigenvalue weighted by molar-refractivity contribution is 8.02. The molecule has 0 aliphatic carbocycles. The minimum atomic E-state index is 0.303. The van der Waals surface area contributed by atoms with Crippen molar-refractivity contribution in [3.63, 3.8) is 0 Å². The lowest BCUT2D eigenvalue weighted by Crippen LogP contribution is -1.94. The first-order chi connectivity index (χ1) is 11.7. The Hall–Kier alpha value is -1.76. The van der Waals surface area contributed by atoms with Gasteiger partial charge in [-0.15, -0.1) is 16.9 Å². The van der Waals surface area contributed by atoms with E-state index in [9.17, 15) is 0 Å². The van der Waals surface area contributed by atoms with E-state index >= 15 is 0 Å². The van der Waals surface area contributed by atoms with Gasteiger partial charge < -0.3 is 5.73 Å². The van der Waals surface area contributed by atoms with E-state index in [-0.39, 0.29) is 0 Å². The smallest absolute Gasteiger partial charge is 0.160 e. The van der Waals surface area contributed by atoms with Gasteiger partial charge in [0, 0.05) is 13.0 Å². The number of thioether (sulfide) groups is 1. The Bertz CT molecular complexity index is 701. The highest BCUT2D eigenvalue weighted by Crippen LogP contribution is 2.24. The summed E-state index contributed by atoms with van der Waals surface area (Å²) in [6.45, 7) is 2.66. The summed E-state index contributed by atoms with van der Waals surface area (Å²) >= 11 is 7.93. The minimum absolute atomic E-state index is 0.303. The van der Waals surface area contributed by atoms with Crippen LogP contribution in [0, 0.1) is 0 Å². The normalized spacial score (nSPS) is 11.6. The summed E-state index contributed by atoms with van der Waals surface area (Å²) in [6.07, 6.45) is 5.43. The van der Waals surface area contributed by atoms with Crippen LogP contribution in [0.25, 0.3) is 0 Å². The van der Waals surface area contributed by atoms with Crippen LogP contribution < -0.4 is 5.73 Å². The molecule has 1 aromatic carbocycles. The zero-order chi connectivity index (χ0) is 17.2. The van der Waals surface area contributed by atoms with Gasteiger partial charge in [-0.2, -0.15) is 5.11 Å². The Balaban J connectivity index is 1.98. The zero-order valence-electron chi connectivity index (χ0n) is 13.5. The van der Waals surface area contributed by atoms with Crippen LogP contribution in [0.1, 0.15) is 24.7 Å². The van der Waals surface area contributed by atoms with E-state index in [0.717, 1.165) is 23.4 Å². The van der Waals surface area contributed by atoms with Gasteiger partial charge in [-0.05, 0) is 35.3 Å². The van der Waals surface area contributed by atoms with E-state index < -0.39 is 0 Å². The molecule has 0 saturated carbocycles. The van der Waals surface area contributed by atoms with E-state index in [4.69, 9.17) is 17.3 Å². The van der Waals surface area contributed by atoms with Gasteiger partial charge in [-0.25, -0.2) is 9.97 Å². The lowest BCUT2D eigenvalue weighted by atomic mass is 10.2. The summed E-state index contributed by atoms with van der Waals surface area (Å²) in [4.78, 5) is 8.52. The SMILES string of the molecule is CCCSC=CCc1ncc(/N=N/c2ccc(CN)cc2)c(Cl)n1. The van der Waals surface area contributed by atoms with Crippen LogP contribution in [0.3, 0.4) is 0 Å². The van der Waals surface area contributed by atoms with Crippen molar-refractivity contribution in [2.75, 3.05) is 5.75 Å². The van der Waals surface area contributed by atoms with Crippen LogP contribution in [0.4, 0.5) is 11.4 Å². The summed E-state index contributed by atoms with van der Waals surface area (Å²) in [7, 11) is 0. The van der Waals surface area contributed by atoms with E-state index in [2.05, 4.69) is 32.5 Å². The number of nitrogens with two attached hydrogens (primary N) is 1. The third-order valence-electron chi connectivity index (χ3n) is 3.03. The topological polar surface area (TPSA) is 76.5 Å². The summed E-state index contributed by atoms with van der Waals surface area (Å²) < 4.78 is 0. The van der Waals surface area contributed by atoms with Crippen LogP contribution in [0.5, 0.6) is 0 Å². The second-order valence-corrected chi connectivity index (χ2v) is 6.35. The molecule has 5 nitrogen and oxygen atoms in total. The molecule has 0 fully saturated rings. The predicted molar refractivity (Wildman–Crippen MR) is 101 cm³/mol. The molecule has 1 heterocycles. The maximum Gasteiger partial charge on any atom is 0.160 e. The van der Waals surface area contributed by atoms with E-state index in [0.29, 0.717) is 29.6 Å². The lowest BCUT2D eigenvalue weighted by Gasteiger charge is -2.00. The molecular weight excluding hydrogens is 342 g/mol. The molecule has 2 aromatic rings. The molecule has 0 spiro atoms. The third-order valence-corrected chi connectivity index (χ3v) is 4.34. The maximum atomic E-state index is 6.16.